The Morgan fingerprint density at radius 2 is 2.17 bits per heavy atom. The fourth-order valence-corrected chi connectivity index (χ4v) is 1.86. The van der Waals surface area contributed by atoms with E-state index >= 15 is 0 Å². The first-order chi connectivity index (χ1) is 5.58. The van der Waals surface area contributed by atoms with E-state index in [1.807, 2.05) is 0 Å². The summed E-state index contributed by atoms with van der Waals surface area (Å²) < 4.78 is 5.48. The van der Waals surface area contributed by atoms with Crippen molar-refractivity contribution in [3.63, 3.8) is 0 Å². The molecule has 1 saturated heterocycles. The van der Waals surface area contributed by atoms with Crippen LogP contribution in [0.3, 0.4) is 0 Å². The molecule has 1 aliphatic heterocycles. The number of methoxy groups -OCH3 is 1. The molecule has 1 aliphatic rings. The zero-order chi connectivity index (χ0) is 9.19. The van der Waals surface area contributed by atoms with Gasteiger partial charge in [-0.05, 0) is 45.2 Å². The molecule has 0 saturated carbocycles. The maximum absolute atomic E-state index is 5.48. The van der Waals surface area contributed by atoms with Gasteiger partial charge in [0.25, 0.3) is 0 Å². The molecular formula is C10H21NO. The van der Waals surface area contributed by atoms with Crippen molar-refractivity contribution < 1.29 is 4.74 Å². The molecule has 12 heavy (non-hydrogen) atoms. The van der Waals surface area contributed by atoms with Gasteiger partial charge in [-0.2, -0.15) is 0 Å². The highest BCUT2D eigenvalue weighted by Crippen LogP contribution is 2.30. The van der Waals surface area contributed by atoms with Crippen LogP contribution in [0.4, 0.5) is 0 Å². The normalized spacial score (nSPS) is 27.5. The average molecular weight is 171 g/mol. The van der Waals surface area contributed by atoms with E-state index < -0.39 is 0 Å². The van der Waals surface area contributed by atoms with E-state index in [0.717, 1.165) is 12.5 Å². The van der Waals surface area contributed by atoms with Crippen LogP contribution in [0, 0.1) is 11.8 Å². The zero-order valence-electron chi connectivity index (χ0n) is 8.68. The van der Waals surface area contributed by atoms with Gasteiger partial charge in [0.2, 0.25) is 0 Å². The monoisotopic (exact) mass is 171 g/mol. The lowest BCUT2D eigenvalue weighted by Crippen LogP contribution is -2.37. The molecule has 0 radical (unpaired) electrons. The highest BCUT2D eigenvalue weighted by Gasteiger charge is 2.33. The fourth-order valence-electron chi connectivity index (χ4n) is 1.86. The van der Waals surface area contributed by atoms with E-state index in [-0.39, 0.29) is 5.60 Å². The molecule has 2 unspecified atom stereocenters. The second-order valence-electron chi connectivity index (χ2n) is 4.35. The molecule has 0 bridgehead atoms. The number of hydrogen-bond donors (Lipinski definition) is 1. The van der Waals surface area contributed by atoms with E-state index in [1.54, 1.807) is 7.11 Å². The first kappa shape index (κ1) is 10.0. The van der Waals surface area contributed by atoms with Crippen molar-refractivity contribution in [1.29, 1.82) is 0 Å². The van der Waals surface area contributed by atoms with Gasteiger partial charge in [-0.1, -0.05) is 6.92 Å². The highest BCUT2D eigenvalue weighted by atomic mass is 16.5. The number of rotatable bonds is 3. The molecule has 1 rings (SSSR count). The molecule has 0 spiro atoms. The summed E-state index contributed by atoms with van der Waals surface area (Å²) in [5.41, 5.74) is 0.0245. The minimum atomic E-state index is 0.0245. The summed E-state index contributed by atoms with van der Waals surface area (Å²) in [6.45, 7) is 8.98. The summed E-state index contributed by atoms with van der Waals surface area (Å²) in [6.07, 6.45) is 1.30. The summed E-state index contributed by atoms with van der Waals surface area (Å²) in [6, 6.07) is 0. The summed E-state index contributed by atoms with van der Waals surface area (Å²) in [4.78, 5) is 0. The molecule has 0 amide bonds. The van der Waals surface area contributed by atoms with Crippen molar-refractivity contribution in [2.75, 3.05) is 20.2 Å². The molecule has 0 aromatic heterocycles. The lowest BCUT2D eigenvalue weighted by molar-refractivity contribution is -0.0391. The van der Waals surface area contributed by atoms with Crippen LogP contribution in [-0.4, -0.2) is 25.8 Å². The molecule has 0 aliphatic carbocycles. The Bertz CT molecular complexity index is 139. The maximum atomic E-state index is 5.48. The van der Waals surface area contributed by atoms with Gasteiger partial charge in [-0.3, -0.25) is 0 Å². The summed E-state index contributed by atoms with van der Waals surface area (Å²) >= 11 is 0. The molecule has 2 heteroatoms. The number of hydrogen-bond acceptors (Lipinski definition) is 2. The van der Waals surface area contributed by atoms with Crippen LogP contribution < -0.4 is 5.32 Å². The minimum Gasteiger partial charge on any atom is -0.379 e. The topological polar surface area (TPSA) is 21.3 Å². The average Bonchev–Trinajstić information content (AvgIpc) is 2.55. The quantitative estimate of drug-likeness (QED) is 0.697. The Kier molecular flexibility index (Phi) is 3.13. The predicted molar refractivity (Wildman–Crippen MR) is 51.2 cm³/mol. The van der Waals surface area contributed by atoms with Crippen molar-refractivity contribution in [3.05, 3.63) is 0 Å². The van der Waals surface area contributed by atoms with Crippen LogP contribution in [-0.2, 0) is 4.74 Å². The lowest BCUT2D eigenvalue weighted by atomic mass is 9.81. The maximum Gasteiger partial charge on any atom is 0.0651 e. The van der Waals surface area contributed by atoms with Gasteiger partial charge in [-0.15, -0.1) is 0 Å². The standard InChI is InChI=1S/C10H21NO/c1-8(10(2,3)12-4)9-5-6-11-7-9/h8-9,11H,5-7H2,1-4H3. The molecule has 1 heterocycles. The van der Waals surface area contributed by atoms with E-state index in [1.165, 1.54) is 13.0 Å². The van der Waals surface area contributed by atoms with Gasteiger partial charge in [0.1, 0.15) is 0 Å². The third kappa shape index (κ3) is 1.99. The second kappa shape index (κ2) is 3.75. The smallest absolute Gasteiger partial charge is 0.0651 e. The molecule has 2 atom stereocenters. The van der Waals surface area contributed by atoms with E-state index in [4.69, 9.17) is 4.74 Å². The Labute approximate surface area is 75.7 Å². The molecule has 0 aromatic carbocycles. The van der Waals surface area contributed by atoms with Crippen LogP contribution in [0.25, 0.3) is 0 Å². The number of nitrogens with one attached hydrogen (secondary N) is 1. The molecule has 1 fully saturated rings. The fraction of sp³-hybridized carbons (Fsp3) is 1.00. The second-order valence-corrected chi connectivity index (χ2v) is 4.35. The zero-order valence-corrected chi connectivity index (χ0v) is 8.68. The summed E-state index contributed by atoms with van der Waals surface area (Å²) in [5.74, 6) is 1.43. The lowest BCUT2D eigenvalue weighted by Gasteiger charge is -2.34. The number of ether oxygens (including phenoxy) is 1. The molecule has 72 valence electrons. The van der Waals surface area contributed by atoms with Crippen LogP contribution in [0.5, 0.6) is 0 Å². The minimum absolute atomic E-state index is 0.0245. The Morgan fingerprint density at radius 3 is 2.58 bits per heavy atom. The Hall–Kier alpha value is -0.0800. The van der Waals surface area contributed by atoms with Gasteiger partial charge >= 0.3 is 0 Å². The van der Waals surface area contributed by atoms with Crippen molar-refractivity contribution in [3.8, 4) is 0 Å². The summed E-state index contributed by atoms with van der Waals surface area (Å²) in [7, 11) is 1.80. The third-order valence-corrected chi connectivity index (χ3v) is 3.43. The van der Waals surface area contributed by atoms with Gasteiger partial charge in [0.05, 0.1) is 5.60 Å². The first-order valence-electron chi connectivity index (χ1n) is 4.84. The van der Waals surface area contributed by atoms with Crippen molar-refractivity contribution >= 4 is 0 Å². The van der Waals surface area contributed by atoms with Gasteiger partial charge in [0.15, 0.2) is 0 Å². The van der Waals surface area contributed by atoms with E-state index in [9.17, 15) is 0 Å². The van der Waals surface area contributed by atoms with Crippen molar-refractivity contribution in [1.82, 2.24) is 5.32 Å². The molecular weight excluding hydrogens is 150 g/mol. The Morgan fingerprint density at radius 1 is 1.50 bits per heavy atom. The Balaban J connectivity index is 2.50. The van der Waals surface area contributed by atoms with Crippen molar-refractivity contribution in [2.45, 2.75) is 32.8 Å². The van der Waals surface area contributed by atoms with Gasteiger partial charge < -0.3 is 10.1 Å². The molecule has 0 aromatic rings. The molecule has 2 nitrogen and oxygen atoms in total. The predicted octanol–water partition coefficient (Wildman–Crippen LogP) is 1.66. The molecule has 1 N–H and O–H groups in total. The van der Waals surface area contributed by atoms with Crippen LogP contribution in [0.2, 0.25) is 0 Å². The van der Waals surface area contributed by atoms with E-state index in [2.05, 4.69) is 26.1 Å². The van der Waals surface area contributed by atoms with Gasteiger partial charge in [-0.25, -0.2) is 0 Å². The highest BCUT2D eigenvalue weighted by molar-refractivity contribution is 4.85. The SMILES string of the molecule is COC(C)(C)C(C)C1CCNC1. The third-order valence-electron chi connectivity index (χ3n) is 3.43. The van der Waals surface area contributed by atoms with Gasteiger partial charge in [0, 0.05) is 7.11 Å². The van der Waals surface area contributed by atoms with Crippen molar-refractivity contribution in [2.24, 2.45) is 11.8 Å². The van der Waals surface area contributed by atoms with Crippen LogP contribution in [0.1, 0.15) is 27.2 Å². The van der Waals surface area contributed by atoms with Crippen LogP contribution >= 0.6 is 0 Å². The van der Waals surface area contributed by atoms with E-state index in [0.29, 0.717) is 5.92 Å². The largest absolute Gasteiger partial charge is 0.379 e. The van der Waals surface area contributed by atoms with Crippen LogP contribution in [0.15, 0.2) is 0 Å². The first-order valence-corrected chi connectivity index (χ1v) is 4.84. The summed E-state index contributed by atoms with van der Waals surface area (Å²) in [5, 5.41) is 3.39.